The van der Waals surface area contributed by atoms with Crippen molar-refractivity contribution in [2.75, 3.05) is 18.0 Å². The predicted octanol–water partition coefficient (Wildman–Crippen LogP) is 2.59. The first-order valence-electron chi connectivity index (χ1n) is 6.75. The number of rotatable bonds is 3. The van der Waals surface area contributed by atoms with Gasteiger partial charge in [0.25, 0.3) is 5.56 Å². The van der Waals surface area contributed by atoms with Crippen molar-refractivity contribution in [3.8, 4) is 0 Å². The number of hydrogen-bond donors (Lipinski definition) is 0. The Morgan fingerprint density at radius 3 is 2.57 bits per heavy atom. The lowest BCUT2D eigenvalue weighted by Gasteiger charge is -2.17. The molecule has 7 heteroatoms. The molecule has 3 rings (SSSR count). The van der Waals surface area contributed by atoms with E-state index in [1.165, 1.54) is 4.68 Å². The second-order valence-electron chi connectivity index (χ2n) is 5.00. The van der Waals surface area contributed by atoms with E-state index >= 15 is 0 Å². The highest BCUT2D eigenvalue weighted by Gasteiger charge is 2.14. The fraction of sp³-hybridized carbons (Fsp3) is 0.357. The van der Waals surface area contributed by atoms with Crippen LogP contribution in [0.15, 0.2) is 29.3 Å². The zero-order chi connectivity index (χ0) is 14.8. The number of aromatic nitrogens is 3. The third kappa shape index (κ3) is 3.19. The number of hydrogen-bond acceptors (Lipinski definition) is 4. The Morgan fingerprint density at radius 1 is 1.14 bits per heavy atom. The number of nitrogens with zero attached hydrogens (tertiary/aromatic N) is 4. The first kappa shape index (κ1) is 14.4. The van der Waals surface area contributed by atoms with Crippen molar-refractivity contribution in [3.05, 3.63) is 50.6 Å². The Bertz CT molecular complexity index is 710. The summed E-state index contributed by atoms with van der Waals surface area (Å²) in [5, 5.41) is 5.03. The molecule has 21 heavy (non-hydrogen) atoms. The van der Waals surface area contributed by atoms with Gasteiger partial charge in [0.1, 0.15) is 5.15 Å². The molecular formula is C14H14Cl2N4O. The minimum Gasteiger partial charge on any atom is -0.370 e. The van der Waals surface area contributed by atoms with Crippen molar-refractivity contribution < 1.29 is 0 Å². The summed E-state index contributed by atoms with van der Waals surface area (Å²) in [6, 6.07) is 3.18. The maximum atomic E-state index is 12.2. The molecule has 0 spiro atoms. The molecular weight excluding hydrogens is 311 g/mol. The number of halogens is 2. The van der Waals surface area contributed by atoms with Crippen LogP contribution >= 0.6 is 23.2 Å². The molecule has 0 radical (unpaired) electrons. The van der Waals surface area contributed by atoms with Gasteiger partial charge in [-0.3, -0.25) is 4.79 Å². The van der Waals surface area contributed by atoms with E-state index in [2.05, 4.69) is 15.0 Å². The van der Waals surface area contributed by atoms with Gasteiger partial charge >= 0.3 is 0 Å². The third-order valence-corrected chi connectivity index (χ3v) is 4.10. The van der Waals surface area contributed by atoms with Crippen LogP contribution in [0.3, 0.4) is 0 Å². The van der Waals surface area contributed by atoms with Gasteiger partial charge in [0.05, 0.1) is 23.5 Å². The van der Waals surface area contributed by atoms with Crippen LogP contribution in [-0.2, 0) is 6.54 Å². The summed E-state index contributed by atoms with van der Waals surface area (Å²) in [6.45, 7) is 2.25. The average Bonchev–Trinajstić information content (AvgIpc) is 2.98. The summed E-state index contributed by atoms with van der Waals surface area (Å²) in [5.41, 5.74) is 1.45. The summed E-state index contributed by atoms with van der Waals surface area (Å²) in [6.07, 6.45) is 5.61. The Balaban J connectivity index is 1.84. The van der Waals surface area contributed by atoms with Crippen molar-refractivity contribution in [1.82, 2.24) is 14.8 Å². The molecule has 1 aliphatic rings. The van der Waals surface area contributed by atoms with Crippen LogP contribution in [-0.4, -0.2) is 27.9 Å². The summed E-state index contributed by atoms with van der Waals surface area (Å²) in [7, 11) is 0. The molecule has 3 heterocycles. The van der Waals surface area contributed by atoms with Gasteiger partial charge in [-0.05, 0) is 18.9 Å². The van der Waals surface area contributed by atoms with Gasteiger partial charge in [-0.2, -0.15) is 5.10 Å². The fourth-order valence-electron chi connectivity index (χ4n) is 2.40. The minimum absolute atomic E-state index is 0.148. The lowest BCUT2D eigenvalue weighted by molar-refractivity contribution is 0.636. The van der Waals surface area contributed by atoms with Crippen molar-refractivity contribution in [3.63, 3.8) is 0 Å². The van der Waals surface area contributed by atoms with Gasteiger partial charge < -0.3 is 4.90 Å². The monoisotopic (exact) mass is 324 g/mol. The SMILES string of the molecule is O=c1cc(N2CCCC2)cnn1Cc1cnc(Cl)cc1Cl. The summed E-state index contributed by atoms with van der Waals surface area (Å²) < 4.78 is 1.37. The zero-order valence-electron chi connectivity index (χ0n) is 11.3. The Hall–Kier alpha value is -1.59. The zero-order valence-corrected chi connectivity index (χ0v) is 12.8. The van der Waals surface area contributed by atoms with Crippen LogP contribution in [0, 0.1) is 0 Å². The molecule has 110 valence electrons. The second kappa shape index (κ2) is 6.03. The van der Waals surface area contributed by atoms with E-state index in [-0.39, 0.29) is 12.1 Å². The number of pyridine rings is 1. The number of anilines is 1. The highest BCUT2D eigenvalue weighted by atomic mass is 35.5. The maximum Gasteiger partial charge on any atom is 0.269 e. The Kier molecular flexibility index (Phi) is 4.12. The summed E-state index contributed by atoms with van der Waals surface area (Å²) >= 11 is 11.9. The highest BCUT2D eigenvalue weighted by molar-refractivity contribution is 6.34. The molecule has 0 saturated carbocycles. The average molecular weight is 325 g/mol. The minimum atomic E-state index is -0.148. The van der Waals surface area contributed by atoms with E-state index in [1.807, 2.05) is 0 Å². The first-order chi connectivity index (χ1) is 10.1. The van der Waals surface area contributed by atoms with Gasteiger partial charge in [-0.1, -0.05) is 23.2 Å². The molecule has 5 nitrogen and oxygen atoms in total. The van der Waals surface area contributed by atoms with Crippen LogP contribution in [0.25, 0.3) is 0 Å². The highest BCUT2D eigenvalue weighted by Crippen LogP contribution is 2.20. The molecule has 1 aliphatic heterocycles. The van der Waals surface area contributed by atoms with E-state index < -0.39 is 0 Å². The van der Waals surface area contributed by atoms with Gasteiger partial charge in [-0.25, -0.2) is 9.67 Å². The Morgan fingerprint density at radius 2 is 1.90 bits per heavy atom. The van der Waals surface area contributed by atoms with Gasteiger partial charge in [-0.15, -0.1) is 0 Å². The first-order valence-corrected chi connectivity index (χ1v) is 7.51. The molecule has 0 aromatic carbocycles. The smallest absolute Gasteiger partial charge is 0.269 e. The normalized spacial score (nSPS) is 14.7. The third-order valence-electron chi connectivity index (χ3n) is 3.54. The maximum absolute atomic E-state index is 12.2. The molecule has 2 aromatic heterocycles. The van der Waals surface area contributed by atoms with Crippen LogP contribution in [0.5, 0.6) is 0 Å². The Labute approximate surface area is 132 Å². The largest absolute Gasteiger partial charge is 0.370 e. The van der Waals surface area contributed by atoms with E-state index in [0.717, 1.165) is 31.6 Å². The van der Waals surface area contributed by atoms with Crippen LogP contribution < -0.4 is 10.5 Å². The van der Waals surface area contributed by atoms with E-state index in [0.29, 0.717) is 15.7 Å². The van der Waals surface area contributed by atoms with E-state index in [9.17, 15) is 4.79 Å². The molecule has 0 N–H and O–H groups in total. The lowest BCUT2D eigenvalue weighted by Crippen LogP contribution is -2.26. The fourth-order valence-corrected chi connectivity index (χ4v) is 2.83. The standard InChI is InChI=1S/C14H14Cl2N4O/c15-12-6-13(16)17-7-10(12)9-20-14(21)5-11(8-18-20)19-3-1-2-4-19/h5-8H,1-4,9H2. The summed E-state index contributed by atoms with van der Waals surface area (Å²) in [5.74, 6) is 0. The van der Waals surface area contributed by atoms with Gasteiger partial charge in [0.15, 0.2) is 0 Å². The molecule has 1 fully saturated rings. The molecule has 0 unspecified atom stereocenters. The second-order valence-corrected chi connectivity index (χ2v) is 5.80. The van der Waals surface area contributed by atoms with E-state index in [4.69, 9.17) is 23.2 Å². The summed E-state index contributed by atoms with van der Waals surface area (Å²) in [4.78, 5) is 18.3. The molecule has 1 saturated heterocycles. The predicted molar refractivity (Wildman–Crippen MR) is 83.3 cm³/mol. The molecule has 2 aromatic rings. The van der Waals surface area contributed by atoms with Crippen LogP contribution in [0.1, 0.15) is 18.4 Å². The van der Waals surface area contributed by atoms with Crippen molar-refractivity contribution in [2.45, 2.75) is 19.4 Å². The topological polar surface area (TPSA) is 51.0 Å². The van der Waals surface area contributed by atoms with Crippen molar-refractivity contribution in [2.24, 2.45) is 0 Å². The van der Waals surface area contributed by atoms with Crippen molar-refractivity contribution >= 4 is 28.9 Å². The van der Waals surface area contributed by atoms with E-state index in [1.54, 1.807) is 24.5 Å². The quantitative estimate of drug-likeness (QED) is 0.814. The van der Waals surface area contributed by atoms with Gasteiger partial charge in [0, 0.05) is 30.9 Å². The molecule has 0 atom stereocenters. The lowest BCUT2D eigenvalue weighted by atomic mass is 10.3. The van der Waals surface area contributed by atoms with Crippen LogP contribution in [0.2, 0.25) is 10.2 Å². The molecule has 0 amide bonds. The van der Waals surface area contributed by atoms with Crippen LogP contribution in [0.4, 0.5) is 5.69 Å². The van der Waals surface area contributed by atoms with Crippen molar-refractivity contribution in [1.29, 1.82) is 0 Å². The molecule has 0 aliphatic carbocycles. The molecule has 0 bridgehead atoms. The van der Waals surface area contributed by atoms with Gasteiger partial charge in [0.2, 0.25) is 0 Å².